The fraction of sp³-hybridized carbons (Fsp3) is 0.409. The Morgan fingerprint density at radius 3 is 2.68 bits per heavy atom. The molecule has 5 rings (SSSR count). The normalized spacial score (nSPS) is 17.7. The van der Waals surface area contributed by atoms with E-state index in [0.717, 1.165) is 49.4 Å². The van der Waals surface area contributed by atoms with Crippen LogP contribution in [0.15, 0.2) is 36.5 Å². The summed E-state index contributed by atoms with van der Waals surface area (Å²) in [4.78, 5) is 20.0. The summed E-state index contributed by atoms with van der Waals surface area (Å²) in [7, 11) is 2.08. The Morgan fingerprint density at radius 2 is 2.00 bits per heavy atom. The number of benzene rings is 1. The topological polar surface area (TPSA) is 83.2 Å². The molecule has 0 atom stereocenters. The Bertz CT molecular complexity index is 1120. The first-order chi connectivity index (χ1) is 15.0. The number of nitrogens with zero attached hydrogens (tertiary/aromatic N) is 5. The molecule has 31 heavy (non-hydrogen) atoms. The Kier molecular flexibility index (Phi) is 4.97. The lowest BCUT2D eigenvalue weighted by Gasteiger charge is -2.29. The zero-order valence-electron chi connectivity index (χ0n) is 17.2. The molecule has 0 unspecified atom stereocenters. The summed E-state index contributed by atoms with van der Waals surface area (Å²) >= 11 is 0. The van der Waals surface area contributed by atoms with Crippen molar-refractivity contribution in [3.63, 3.8) is 0 Å². The third-order valence-corrected chi connectivity index (χ3v) is 5.90. The molecule has 1 saturated carbocycles. The summed E-state index contributed by atoms with van der Waals surface area (Å²) in [6, 6.07) is 7.09. The van der Waals surface area contributed by atoms with E-state index in [9.17, 15) is 14.3 Å². The standard InChI is InChI=1S/C22H24FN5O3/c1-26-9-7-17(8-10-26)31-20-12-18(21-24-13-19(14-5-6-14)28(21)25-20)27(22(29)30)16-4-2-3-15(23)11-16/h2-4,11-14,17H,5-10H2,1H3,(H,29,30). The van der Waals surface area contributed by atoms with Gasteiger partial charge in [0.25, 0.3) is 0 Å². The fourth-order valence-electron chi connectivity index (χ4n) is 4.07. The molecule has 1 aliphatic carbocycles. The van der Waals surface area contributed by atoms with Gasteiger partial charge in [-0.05, 0) is 50.9 Å². The SMILES string of the molecule is CN1CCC(Oc2cc(N(C(=O)O)c3cccc(F)c3)c3ncc(C4CC4)n3n2)CC1. The molecule has 0 spiro atoms. The van der Waals surface area contributed by atoms with Gasteiger partial charge in [0, 0.05) is 25.1 Å². The minimum Gasteiger partial charge on any atom is -0.473 e. The van der Waals surface area contributed by atoms with Crippen LogP contribution >= 0.6 is 0 Å². The van der Waals surface area contributed by atoms with E-state index >= 15 is 0 Å². The van der Waals surface area contributed by atoms with E-state index in [1.54, 1.807) is 22.8 Å². The van der Waals surface area contributed by atoms with Crippen molar-refractivity contribution in [3.05, 3.63) is 48.0 Å². The van der Waals surface area contributed by atoms with E-state index in [-0.39, 0.29) is 11.8 Å². The average molecular weight is 425 g/mol. The van der Waals surface area contributed by atoms with Crippen LogP contribution in [0.1, 0.15) is 37.3 Å². The zero-order chi connectivity index (χ0) is 21.5. The van der Waals surface area contributed by atoms with Crippen LogP contribution in [0.2, 0.25) is 0 Å². The second kappa shape index (κ2) is 7.81. The molecule has 1 aliphatic heterocycles. The minimum absolute atomic E-state index is 0.00865. The van der Waals surface area contributed by atoms with Gasteiger partial charge in [0.05, 0.1) is 17.6 Å². The van der Waals surface area contributed by atoms with Crippen LogP contribution in [0.3, 0.4) is 0 Å². The maximum Gasteiger partial charge on any atom is 0.416 e. The number of halogens is 1. The molecule has 162 valence electrons. The predicted molar refractivity (Wildman–Crippen MR) is 113 cm³/mol. The minimum atomic E-state index is -1.24. The number of piperidine rings is 1. The van der Waals surface area contributed by atoms with Gasteiger partial charge in [0.1, 0.15) is 17.6 Å². The van der Waals surface area contributed by atoms with Gasteiger partial charge < -0.3 is 14.7 Å². The lowest BCUT2D eigenvalue weighted by molar-refractivity contribution is 0.108. The van der Waals surface area contributed by atoms with E-state index in [1.807, 2.05) is 0 Å². The van der Waals surface area contributed by atoms with E-state index in [1.165, 1.54) is 18.2 Å². The Labute approximate surface area is 178 Å². The van der Waals surface area contributed by atoms with Crippen LogP contribution in [-0.2, 0) is 0 Å². The Morgan fingerprint density at radius 1 is 1.23 bits per heavy atom. The van der Waals surface area contributed by atoms with Crippen molar-refractivity contribution in [1.29, 1.82) is 0 Å². The van der Waals surface area contributed by atoms with Crippen molar-refractivity contribution in [2.75, 3.05) is 25.0 Å². The number of hydrogen-bond donors (Lipinski definition) is 1. The quantitative estimate of drug-likeness (QED) is 0.664. The second-order valence-corrected chi connectivity index (χ2v) is 8.28. The van der Waals surface area contributed by atoms with Crippen LogP contribution in [0, 0.1) is 5.82 Å². The smallest absolute Gasteiger partial charge is 0.416 e. The lowest BCUT2D eigenvalue weighted by atomic mass is 10.1. The Hall–Kier alpha value is -3.20. The number of fused-ring (bicyclic) bond motifs is 1. The molecule has 3 heterocycles. The number of rotatable bonds is 5. The molecule has 8 nitrogen and oxygen atoms in total. The maximum atomic E-state index is 13.9. The van der Waals surface area contributed by atoms with Crippen molar-refractivity contribution in [2.45, 2.75) is 37.7 Å². The van der Waals surface area contributed by atoms with Gasteiger partial charge in [-0.25, -0.2) is 23.6 Å². The van der Waals surface area contributed by atoms with Gasteiger partial charge in [-0.3, -0.25) is 0 Å². The van der Waals surface area contributed by atoms with Crippen molar-refractivity contribution in [3.8, 4) is 5.88 Å². The number of carboxylic acid groups (broad SMARTS) is 1. The monoisotopic (exact) mass is 425 g/mol. The molecule has 3 aromatic rings. The first-order valence-electron chi connectivity index (χ1n) is 10.5. The average Bonchev–Trinajstić information content (AvgIpc) is 3.49. The molecule has 0 radical (unpaired) electrons. The predicted octanol–water partition coefficient (Wildman–Crippen LogP) is 4.03. The van der Waals surface area contributed by atoms with Crippen LogP contribution in [0.5, 0.6) is 5.88 Å². The maximum absolute atomic E-state index is 13.9. The summed E-state index contributed by atoms with van der Waals surface area (Å²) in [6.07, 6.45) is 4.37. The largest absolute Gasteiger partial charge is 0.473 e. The van der Waals surface area contributed by atoms with Gasteiger partial charge in [-0.2, -0.15) is 0 Å². The molecule has 2 aliphatic rings. The van der Waals surface area contributed by atoms with Crippen molar-refractivity contribution in [1.82, 2.24) is 19.5 Å². The molecule has 1 amide bonds. The zero-order valence-corrected chi connectivity index (χ0v) is 17.2. The molecule has 9 heteroatoms. The number of amides is 1. The number of ether oxygens (including phenoxy) is 1. The molecule has 2 aromatic heterocycles. The highest BCUT2D eigenvalue weighted by Crippen LogP contribution is 2.41. The number of carbonyl (C=O) groups is 1. The van der Waals surface area contributed by atoms with Crippen molar-refractivity contribution in [2.24, 2.45) is 0 Å². The van der Waals surface area contributed by atoms with Crippen LogP contribution in [0.4, 0.5) is 20.6 Å². The van der Waals surface area contributed by atoms with Gasteiger partial charge in [0.2, 0.25) is 5.88 Å². The summed E-state index contributed by atoms with van der Waals surface area (Å²) in [6.45, 7) is 1.87. The van der Waals surface area contributed by atoms with Crippen LogP contribution < -0.4 is 9.64 Å². The van der Waals surface area contributed by atoms with E-state index < -0.39 is 11.9 Å². The summed E-state index contributed by atoms with van der Waals surface area (Å²) in [5.41, 5.74) is 1.84. The third-order valence-electron chi connectivity index (χ3n) is 5.90. The van der Waals surface area contributed by atoms with E-state index in [0.29, 0.717) is 23.1 Å². The second-order valence-electron chi connectivity index (χ2n) is 8.28. The number of hydrogen-bond acceptors (Lipinski definition) is 5. The number of anilines is 2. The summed E-state index contributed by atoms with van der Waals surface area (Å²) in [5.74, 6) is 0.194. The highest BCUT2D eigenvalue weighted by Gasteiger charge is 2.31. The van der Waals surface area contributed by atoms with Gasteiger partial charge in [0.15, 0.2) is 5.65 Å². The summed E-state index contributed by atoms with van der Waals surface area (Å²) < 4.78 is 21.8. The molecular formula is C22H24FN5O3. The van der Waals surface area contributed by atoms with Gasteiger partial charge in [-0.1, -0.05) is 6.07 Å². The van der Waals surface area contributed by atoms with E-state index in [2.05, 4.69) is 22.0 Å². The molecule has 1 aromatic carbocycles. The van der Waals surface area contributed by atoms with Gasteiger partial charge >= 0.3 is 6.09 Å². The highest BCUT2D eigenvalue weighted by atomic mass is 19.1. The molecule has 1 N–H and O–H groups in total. The molecule has 1 saturated heterocycles. The van der Waals surface area contributed by atoms with Crippen LogP contribution in [0.25, 0.3) is 5.65 Å². The number of aromatic nitrogens is 3. The molecule has 2 fully saturated rings. The highest BCUT2D eigenvalue weighted by molar-refractivity contribution is 5.98. The number of likely N-dealkylation sites (tertiary alicyclic amines) is 1. The first kappa shape index (κ1) is 19.7. The first-order valence-corrected chi connectivity index (χ1v) is 10.5. The summed E-state index contributed by atoms with van der Waals surface area (Å²) in [5, 5.41) is 14.6. The lowest BCUT2D eigenvalue weighted by Crippen LogP contribution is -2.36. The van der Waals surface area contributed by atoms with Gasteiger partial charge in [-0.15, -0.1) is 5.10 Å². The van der Waals surface area contributed by atoms with Crippen molar-refractivity contribution >= 4 is 23.1 Å². The van der Waals surface area contributed by atoms with Crippen LogP contribution in [-0.4, -0.2) is 56.9 Å². The van der Waals surface area contributed by atoms with E-state index in [4.69, 9.17) is 4.74 Å². The fourth-order valence-corrected chi connectivity index (χ4v) is 4.07. The number of imidazole rings is 1. The molecule has 0 bridgehead atoms. The Balaban J connectivity index is 1.60. The molecular weight excluding hydrogens is 401 g/mol. The third kappa shape index (κ3) is 3.93. The van der Waals surface area contributed by atoms with Crippen molar-refractivity contribution < 1.29 is 19.0 Å².